The first-order chi connectivity index (χ1) is 12.8. The minimum atomic E-state index is -3.13. The maximum atomic E-state index is 11.6. The molecule has 5 heteroatoms. The molecule has 0 atom stereocenters. The summed E-state index contributed by atoms with van der Waals surface area (Å²) in [6.07, 6.45) is 2.87. The van der Waals surface area contributed by atoms with Gasteiger partial charge in [-0.2, -0.15) is 0 Å². The molecular formula is C22H32N2O2S. The van der Waals surface area contributed by atoms with Crippen molar-refractivity contribution in [1.29, 1.82) is 0 Å². The van der Waals surface area contributed by atoms with Crippen molar-refractivity contribution in [1.82, 2.24) is 4.72 Å². The summed E-state index contributed by atoms with van der Waals surface area (Å²) in [5, 5.41) is 3.06. The summed E-state index contributed by atoms with van der Waals surface area (Å²) in [6.45, 7) is 9.06. The van der Waals surface area contributed by atoms with Crippen LogP contribution in [0, 0.1) is 13.8 Å². The average Bonchev–Trinajstić information content (AvgIpc) is 2.63. The fourth-order valence-corrected chi connectivity index (χ4v) is 3.50. The summed E-state index contributed by atoms with van der Waals surface area (Å²) >= 11 is 0. The van der Waals surface area contributed by atoms with E-state index in [1.807, 2.05) is 0 Å². The largest absolute Gasteiger partial charge is 0.385 e. The zero-order valence-corrected chi connectivity index (χ0v) is 17.7. The molecule has 0 aliphatic carbocycles. The van der Waals surface area contributed by atoms with E-state index in [-0.39, 0.29) is 5.25 Å². The van der Waals surface area contributed by atoms with Crippen molar-refractivity contribution in [3.63, 3.8) is 0 Å². The molecular weight excluding hydrogens is 356 g/mol. The van der Waals surface area contributed by atoms with E-state index in [2.05, 4.69) is 66.4 Å². The van der Waals surface area contributed by atoms with Gasteiger partial charge in [-0.15, -0.1) is 0 Å². The number of sulfonamides is 1. The minimum Gasteiger partial charge on any atom is -0.385 e. The van der Waals surface area contributed by atoms with Crippen molar-refractivity contribution in [2.45, 2.75) is 52.2 Å². The van der Waals surface area contributed by atoms with Crippen LogP contribution in [0.15, 0.2) is 42.5 Å². The number of aryl methyl sites for hydroxylation is 2. The Bertz CT molecular complexity index is 828. The van der Waals surface area contributed by atoms with Crippen LogP contribution in [-0.2, 0) is 10.0 Å². The van der Waals surface area contributed by atoms with Crippen LogP contribution in [0.3, 0.4) is 0 Å². The third-order valence-electron chi connectivity index (χ3n) is 4.83. The molecule has 0 saturated heterocycles. The van der Waals surface area contributed by atoms with Gasteiger partial charge in [0.15, 0.2) is 0 Å². The summed E-state index contributed by atoms with van der Waals surface area (Å²) in [4.78, 5) is 0. The van der Waals surface area contributed by atoms with Crippen molar-refractivity contribution in [3.05, 3.63) is 53.6 Å². The van der Waals surface area contributed by atoms with Gasteiger partial charge in [0.05, 0.1) is 5.25 Å². The molecule has 148 valence electrons. The molecule has 4 nitrogen and oxygen atoms in total. The van der Waals surface area contributed by atoms with Gasteiger partial charge in [0.25, 0.3) is 0 Å². The molecule has 0 aliphatic heterocycles. The fraction of sp³-hybridized carbons (Fsp3) is 0.455. The van der Waals surface area contributed by atoms with E-state index in [0.29, 0.717) is 6.54 Å². The van der Waals surface area contributed by atoms with Crippen LogP contribution in [0.2, 0.25) is 0 Å². The van der Waals surface area contributed by atoms with Crippen LogP contribution in [0.25, 0.3) is 11.1 Å². The highest BCUT2D eigenvalue weighted by Gasteiger charge is 2.13. The molecule has 0 radical (unpaired) electrons. The molecule has 2 N–H and O–H groups in total. The second kappa shape index (κ2) is 9.90. The topological polar surface area (TPSA) is 58.2 Å². The quantitative estimate of drug-likeness (QED) is 0.570. The lowest BCUT2D eigenvalue weighted by Crippen LogP contribution is -2.31. The zero-order chi connectivity index (χ0) is 19.9. The van der Waals surface area contributed by atoms with Crippen LogP contribution in [0.1, 0.15) is 44.2 Å². The molecule has 0 unspecified atom stereocenters. The number of nitrogens with one attached hydrogen (secondary N) is 2. The number of hydrogen-bond donors (Lipinski definition) is 2. The van der Waals surface area contributed by atoms with Gasteiger partial charge in [-0.3, -0.25) is 0 Å². The molecule has 0 spiro atoms. The minimum absolute atomic E-state index is 0.369. The second-order valence-electron chi connectivity index (χ2n) is 7.35. The Morgan fingerprint density at radius 1 is 0.815 bits per heavy atom. The Morgan fingerprint density at radius 3 is 2.07 bits per heavy atom. The van der Waals surface area contributed by atoms with E-state index in [4.69, 9.17) is 0 Å². The maximum Gasteiger partial charge on any atom is 0.213 e. The van der Waals surface area contributed by atoms with Gasteiger partial charge < -0.3 is 5.32 Å². The van der Waals surface area contributed by atoms with Crippen LogP contribution in [-0.4, -0.2) is 26.8 Å². The molecule has 2 aromatic rings. The molecule has 0 saturated carbocycles. The lowest BCUT2D eigenvalue weighted by Gasteiger charge is -2.10. The Kier molecular flexibility index (Phi) is 7.87. The third-order valence-corrected chi connectivity index (χ3v) is 6.68. The van der Waals surface area contributed by atoms with Gasteiger partial charge in [-0.25, -0.2) is 13.1 Å². The predicted molar refractivity (Wildman–Crippen MR) is 116 cm³/mol. The van der Waals surface area contributed by atoms with Gasteiger partial charge in [-0.1, -0.05) is 36.8 Å². The summed E-state index contributed by atoms with van der Waals surface area (Å²) in [5.74, 6) is 0. The zero-order valence-electron chi connectivity index (χ0n) is 16.9. The molecule has 0 aliphatic rings. The van der Waals surface area contributed by atoms with Crippen molar-refractivity contribution in [2.75, 3.05) is 18.4 Å². The van der Waals surface area contributed by atoms with E-state index >= 15 is 0 Å². The summed E-state index contributed by atoms with van der Waals surface area (Å²) < 4.78 is 25.9. The van der Waals surface area contributed by atoms with Gasteiger partial charge in [0, 0.05) is 18.8 Å². The number of hydrogen-bond acceptors (Lipinski definition) is 3. The van der Waals surface area contributed by atoms with Crippen LogP contribution in [0.4, 0.5) is 5.69 Å². The lowest BCUT2D eigenvalue weighted by atomic mass is 10.0. The Balaban J connectivity index is 1.70. The fourth-order valence-electron chi connectivity index (χ4n) is 2.74. The van der Waals surface area contributed by atoms with Crippen LogP contribution in [0.5, 0.6) is 0 Å². The van der Waals surface area contributed by atoms with Crippen LogP contribution >= 0.6 is 0 Å². The van der Waals surface area contributed by atoms with E-state index in [1.165, 1.54) is 22.3 Å². The average molecular weight is 389 g/mol. The molecule has 0 amide bonds. The first-order valence-corrected chi connectivity index (χ1v) is 11.2. The highest BCUT2D eigenvalue weighted by Crippen LogP contribution is 2.23. The monoisotopic (exact) mass is 388 g/mol. The van der Waals surface area contributed by atoms with Gasteiger partial charge in [0.1, 0.15) is 0 Å². The standard InChI is InChI=1S/C22H32N2O2S/c1-17(2)27(25,26)24-15-7-5-6-14-23-22-12-10-20(11-13-22)21-9-8-18(3)19(4)16-21/h8-13,16-17,23-24H,5-7,14-15H2,1-4H3. The first kappa shape index (κ1) is 21.5. The van der Waals surface area contributed by atoms with Gasteiger partial charge in [0.2, 0.25) is 10.0 Å². The summed E-state index contributed by atoms with van der Waals surface area (Å²) in [6, 6.07) is 15.1. The molecule has 0 aromatic heterocycles. The molecule has 0 fully saturated rings. The van der Waals surface area contributed by atoms with E-state index < -0.39 is 10.0 Å². The Labute approximate surface area is 164 Å². The predicted octanol–water partition coefficient (Wildman–Crippen LogP) is 4.88. The Hall–Kier alpha value is -1.85. The molecule has 0 heterocycles. The van der Waals surface area contributed by atoms with Crippen molar-refractivity contribution >= 4 is 15.7 Å². The highest BCUT2D eigenvalue weighted by molar-refractivity contribution is 7.90. The lowest BCUT2D eigenvalue weighted by molar-refractivity contribution is 0.566. The highest BCUT2D eigenvalue weighted by atomic mass is 32.2. The van der Waals surface area contributed by atoms with Crippen molar-refractivity contribution in [3.8, 4) is 11.1 Å². The molecule has 2 rings (SSSR count). The molecule has 27 heavy (non-hydrogen) atoms. The van der Waals surface area contributed by atoms with Crippen molar-refractivity contribution in [2.24, 2.45) is 0 Å². The molecule has 2 aromatic carbocycles. The second-order valence-corrected chi connectivity index (χ2v) is 9.67. The number of unbranched alkanes of at least 4 members (excludes halogenated alkanes) is 2. The smallest absolute Gasteiger partial charge is 0.213 e. The summed E-state index contributed by atoms with van der Waals surface area (Å²) in [5.41, 5.74) is 6.21. The molecule has 0 bridgehead atoms. The van der Waals surface area contributed by atoms with E-state index in [1.54, 1.807) is 13.8 Å². The summed E-state index contributed by atoms with van der Waals surface area (Å²) in [7, 11) is -3.13. The number of rotatable bonds is 10. The maximum absolute atomic E-state index is 11.6. The third kappa shape index (κ3) is 6.67. The normalized spacial score (nSPS) is 11.7. The number of anilines is 1. The van der Waals surface area contributed by atoms with Crippen LogP contribution < -0.4 is 10.0 Å². The van der Waals surface area contributed by atoms with E-state index in [0.717, 1.165) is 31.5 Å². The van der Waals surface area contributed by atoms with Gasteiger partial charge >= 0.3 is 0 Å². The van der Waals surface area contributed by atoms with Crippen molar-refractivity contribution < 1.29 is 8.42 Å². The van der Waals surface area contributed by atoms with Gasteiger partial charge in [-0.05, 0) is 74.9 Å². The number of benzene rings is 2. The van der Waals surface area contributed by atoms with E-state index in [9.17, 15) is 8.42 Å². The first-order valence-electron chi connectivity index (χ1n) is 9.69. The Morgan fingerprint density at radius 2 is 1.44 bits per heavy atom. The SMILES string of the molecule is Cc1ccc(-c2ccc(NCCCCCNS(=O)(=O)C(C)C)cc2)cc1C.